The van der Waals surface area contributed by atoms with Crippen molar-refractivity contribution >= 4 is 17.2 Å². The second kappa shape index (κ2) is 8.75. The summed E-state index contributed by atoms with van der Waals surface area (Å²) in [6.07, 6.45) is 0. The van der Waals surface area contributed by atoms with E-state index in [1.165, 1.54) is 12.1 Å². The van der Waals surface area contributed by atoms with E-state index in [1.54, 1.807) is 23.5 Å². The second-order valence-electron chi connectivity index (χ2n) is 5.41. The Balaban J connectivity index is 1.83. The van der Waals surface area contributed by atoms with E-state index in [-0.39, 0.29) is 17.7 Å². The molecule has 130 valence electrons. The number of nitrogens with one attached hydrogen (secondary N) is 1. The number of alkyl halides is 2. The van der Waals surface area contributed by atoms with Gasteiger partial charge < -0.3 is 10.1 Å². The number of likely N-dealkylation sites (N-methyl/N-ethyl adjacent to an activating group) is 1. The molecule has 0 saturated carbocycles. The SMILES string of the molecule is CC(C(=O)NCc1cccs1)N(C)Cc1ccc(OC(F)F)cc1. The zero-order valence-electron chi connectivity index (χ0n) is 13.5. The first-order valence-corrected chi connectivity index (χ1v) is 8.37. The Morgan fingerprint density at radius 2 is 2.00 bits per heavy atom. The topological polar surface area (TPSA) is 41.6 Å². The van der Waals surface area contributed by atoms with Crippen LogP contribution >= 0.6 is 11.3 Å². The molecule has 1 N–H and O–H groups in total. The van der Waals surface area contributed by atoms with Crippen molar-refractivity contribution in [2.45, 2.75) is 32.7 Å². The quantitative estimate of drug-likeness (QED) is 0.789. The van der Waals surface area contributed by atoms with Crippen molar-refractivity contribution in [2.75, 3.05) is 7.05 Å². The Bertz CT molecular complexity index is 633. The van der Waals surface area contributed by atoms with Crippen LogP contribution in [0.3, 0.4) is 0 Å². The molecule has 0 bridgehead atoms. The molecule has 1 amide bonds. The molecule has 0 fully saturated rings. The van der Waals surface area contributed by atoms with Crippen molar-refractivity contribution in [3.8, 4) is 5.75 Å². The largest absolute Gasteiger partial charge is 0.435 e. The molecule has 1 atom stereocenters. The van der Waals surface area contributed by atoms with Crippen molar-refractivity contribution < 1.29 is 18.3 Å². The van der Waals surface area contributed by atoms with E-state index in [0.29, 0.717) is 13.1 Å². The third kappa shape index (κ3) is 5.58. The van der Waals surface area contributed by atoms with Crippen LogP contribution in [0, 0.1) is 0 Å². The lowest BCUT2D eigenvalue weighted by atomic mass is 10.2. The van der Waals surface area contributed by atoms with E-state index in [2.05, 4.69) is 10.1 Å². The highest BCUT2D eigenvalue weighted by molar-refractivity contribution is 7.09. The molecule has 1 heterocycles. The highest BCUT2D eigenvalue weighted by Gasteiger charge is 2.18. The fourth-order valence-electron chi connectivity index (χ4n) is 2.14. The molecule has 4 nitrogen and oxygen atoms in total. The van der Waals surface area contributed by atoms with Crippen LogP contribution in [0.25, 0.3) is 0 Å². The molecule has 2 rings (SSSR count). The number of thiophene rings is 1. The van der Waals surface area contributed by atoms with Crippen molar-refractivity contribution in [2.24, 2.45) is 0 Å². The third-order valence-corrected chi connectivity index (χ3v) is 4.51. The van der Waals surface area contributed by atoms with Crippen molar-refractivity contribution in [1.29, 1.82) is 0 Å². The zero-order chi connectivity index (χ0) is 17.5. The standard InChI is InChI=1S/C17H20F2N2O2S/c1-12(16(22)20-10-15-4-3-9-24-15)21(2)11-13-5-7-14(8-6-13)23-17(18)19/h3-9,12,17H,10-11H2,1-2H3,(H,20,22). The summed E-state index contributed by atoms with van der Waals surface area (Å²) >= 11 is 1.60. The van der Waals surface area contributed by atoms with Crippen LogP contribution in [0.15, 0.2) is 41.8 Å². The van der Waals surface area contributed by atoms with Crippen LogP contribution in [0.1, 0.15) is 17.4 Å². The maximum Gasteiger partial charge on any atom is 0.387 e. The molecular weight excluding hydrogens is 334 g/mol. The van der Waals surface area contributed by atoms with Crippen LogP contribution in [-0.2, 0) is 17.9 Å². The fraction of sp³-hybridized carbons (Fsp3) is 0.353. The molecule has 0 aliphatic heterocycles. The normalized spacial score (nSPS) is 12.4. The average molecular weight is 354 g/mol. The molecule has 7 heteroatoms. The van der Waals surface area contributed by atoms with Gasteiger partial charge in [0.25, 0.3) is 0 Å². The lowest BCUT2D eigenvalue weighted by Gasteiger charge is -2.24. The van der Waals surface area contributed by atoms with Crippen LogP contribution in [0.5, 0.6) is 5.75 Å². The van der Waals surface area contributed by atoms with Gasteiger partial charge in [0.2, 0.25) is 5.91 Å². The van der Waals surface area contributed by atoms with Gasteiger partial charge in [-0.3, -0.25) is 9.69 Å². The van der Waals surface area contributed by atoms with Crippen molar-refractivity contribution in [3.05, 3.63) is 52.2 Å². The Morgan fingerprint density at radius 1 is 1.29 bits per heavy atom. The number of halogens is 2. The molecule has 24 heavy (non-hydrogen) atoms. The molecule has 0 spiro atoms. The van der Waals surface area contributed by atoms with E-state index in [4.69, 9.17) is 0 Å². The van der Waals surface area contributed by atoms with E-state index >= 15 is 0 Å². The van der Waals surface area contributed by atoms with Gasteiger partial charge >= 0.3 is 6.61 Å². The summed E-state index contributed by atoms with van der Waals surface area (Å²) in [5.74, 6) is 0.0710. The van der Waals surface area contributed by atoms with Gasteiger partial charge in [0.05, 0.1) is 12.6 Å². The van der Waals surface area contributed by atoms with Gasteiger partial charge in [-0.2, -0.15) is 8.78 Å². The molecular formula is C17H20F2N2O2S. The molecule has 1 unspecified atom stereocenters. The minimum absolute atomic E-state index is 0.0523. The van der Waals surface area contributed by atoms with Gasteiger partial charge in [-0.05, 0) is 43.1 Å². The number of ether oxygens (including phenoxy) is 1. The summed E-state index contributed by atoms with van der Waals surface area (Å²) in [5.41, 5.74) is 0.914. The minimum Gasteiger partial charge on any atom is -0.435 e. The number of amides is 1. The molecule has 0 radical (unpaired) electrons. The summed E-state index contributed by atoms with van der Waals surface area (Å²) in [6, 6.07) is 10.0. The molecule has 1 aromatic carbocycles. The fourth-order valence-corrected chi connectivity index (χ4v) is 2.78. The predicted molar refractivity (Wildman–Crippen MR) is 90.2 cm³/mol. The molecule has 2 aromatic rings. The monoisotopic (exact) mass is 354 g/mol. The van der Waals surface area contributed by atoms with Crippen LogP contribution in [0.2, 0.25) is 0 Å². The maximum atomic E-state index is 12.2. The number of hydrogen-bond acceptors (Lipinski definition) is 4. The summed E-state index contributed by atoms with van der Waals surface area (Å²) in [4.78, 5) is 15.2. The minimum atomic E-state index is -2.83. The highest BCUT2D eigenvalue weighted by atomic mass is 32.1. The van der Waals surface area contributed by atoms with Crippen LogP contribution < -0.4 is 10.1 Å². The zero-order valence-corrected chi connectivity index (χ0v) is 14.4. The van der Waals surface area contributed by atoms with Gasteiger partial charge in [-0.1, -0.05) is 18.2 Å². The van der Waals surface area contributed by atoms with Gasteiger partial charge in [0.15, 0.2) is 0 Å². The van der Waals surface area contributed by atoms with Gasteiger partial charge in [0, 0.05) is 11.4 Å². The van der Waals surface area contributed by atoms with E-state index in [9.17, 15) is 13.6 Å². The van der Waals surface area contributed by atoms with Crippen LogP contribution in [-0.4, -0.2) is 30.5 Å². The first kappa shape index (κ1) is 18.4. The lowest BCUT2D eigenvalue weighted by Crippen LogP contribution is -2.42. The first-order chi connectivity index (χ1) is 11.5. The number of nitrogens with zero attached hydrogens (tertiary/aromatic N) is 1. The predicted octanol–water partition coefficient (Wildman–Crippen LogP) is 3.49. The molecule has 0 aliphatic carbocycles. The summed E-state index contributed by atoms with van der Waals surface area (Å²) in [6.45, 7) is 0.0557. The second-order valence-corrected chi connectivity index (χ2v) is 6.44. The smallest absolute Gasteiger partial charge is 0.387 e. The average Bonchev–Trinajstić information content (AvgIpc) is 3.06. The Labute approximate surface area is 144 Å². The Hall–Kier alpha value is -1.99. The summed E-state index contributed by atoms with van der Waals surface area (Å²) < 4.78 is 28.6. The Morgan fingerprint density at radius 3 is 2.58 bits per heavy atom. The van der Waals surface area contributed by atoms with Crippen molar-refractivity contribution in [1.82, 2.24) is 10.2 Å². The molecule has 0 aliphatic rings. The summed E-state index contributed by atoms with van der Waals surface area (Å²) in [5, 5.41) is 4.88. The van der Waals surface area contributed by atoms with E-state index in [0.717, 1.165) is 10.4 Å². The van der Waals surface area contributed by atoms with Gasteiger partial charge in [0.1, 0.15) is 5.75 Å². The lowest BCUT2D eigenvalue weighted by molar-refractivity contribution is -0.125. The number of carbonyl (C=O) groups excluding carboxylic acids is 1. The van der Waals surface area contributed by atoms with Crippen LogP contribution in [0.4, 0.5) is 8.78 Å². The Kier molecular flexibility index (Phi) is 6.69. The summed E-state index contributed by atoms with van der Waals surface area (Å²) in [7, 11) is 1.85. The highest BCUT2D eigenvalue weighted by Crippen LogP contribution is 2.16. The number of hydrogen-bond donors (Lipinski definition) is 1. The first-order valence-electron chi connectivity index (χ1n) is 7.50. The van der Waals surface area contributed by atoms with E-state index in [1.807, 2.05) is 36.4 Å². The van der Waals surface area contributed by atoms with Gasteiger partial charge in [-0.25, -0.2) is 0 Å². The number of benzene rings is 1. The van der Waals surface area contributed by atoms with E-state index < -0.39 is 6.61 Å². The maximum absolute atomic E-state index is 12.2. The number of carbonyl (C=O) groups is 1. The molecule has 1 aromatic heterocycles. The van der Waals surface area contributed by atoms with Gasteiger partial charge in [-0.15, -0.1) is 11.3 Å². The third-order valence-electron chi connectivity index (χ3n) is 3.64. The van der Waals surface area contributed by atoms with Crippen molar-refractivity contribution in [3.63, 3.8) is 0 Å². The number of rotatable bonds is 8. The molecule has 0 saturated heterocycles.